The van der Waals surface area contributed by atoms with E-state index in [-0.39, 0.29) is 21.7 Å². The van der Waals surface area contributed by atoms with Crippen LogP contribution in [0.15, 0.2) is 97.1 Å². The molecule has 0 aliphatic carbocycles. The monoisotopic (exact) mass is 883 g/mol. The molecule has 6 aromatic carbocycles. The molecule has 8 rings (SSSR count). The number of phenolic OH excluding ortho intramolecular Hbond substituents is 2. The molecule has 2 aromatic heterocycles. The van der Waals surface area contributed by atoms with Gasteiger partial charge in [-0.3, -0.25) is 0 Å². The first kappa shape index (κ1) is 47.0. The van der Waals surface area contributed by atoms with Gasteiger partial charge in [0.1, 0.15) is 11.5 Å². The molecule has 0 atom stereocenters. The fraction of sp³-hybridized carbons (Fsp3) is 0.400. The molecule has 0 unspecified atom stereocenters. The van der Waals surface area contributed by atoms with Gasteiger partial charge in [0.2, 0.25) is 0 Å². The SMILES string of the molecule is Cc1cc(CN(C)CCN(C)Cc2cc(C)cc(-n3c4ccc(C(C)(C)C)cc4c4cc(C(C)(C)C)ccc43)c2O)c(O)c(-n2c3ccc(C(C)(C)C)cc3c3cc(C(C)(C)C)ccc32)c1. The lowest BCUT2D eigenvalue weighted by Crippen LogP contribution is -2.30. The van der Waals surface area contributed by atoms with Crippen LogP contribution in [0.1, 0.15) is 128 Å². The van der Waals surface area contributed by atoms with Gasteiger partial charge < -0.3 is 29.1 Å². The van der Waals surface area contributed by atoms with Crippen molar-refractivity contribution in [3.05, 3.63) is 142 Å². The highest BCUT2D eigenvalue weighted by Gasteiger charge is 2.25. The van der Waals surface area contributed by atoms with Crippen LogP contribution in [-0.2, 0) is 34.7 Å². The second-order valence-corrected chi connectivity index (χ2v) is 23.7. The molecule has 0 spiro atoms. The zero-order valence-corrected chi connectivity index (χ0v) is 42.7. The number of rotatable bonds is 9. The highest BCUT2D eigenvalue weighted by atomic mass is 16.3. The van der Waals surface area contributed by atoms with E-state index in [0.717, 1.165) is 68.8 Å². The number of hydrogen-bond acceptors (Lipinski definition) is 4. The molecule has 8 aromatic rings. The summed E-state index contributed by atoms with van der Waals surface area (Å²) >= 11 is 0. The number of aromatic nitrogens is 2. The first-order chi connectivity index (χ1) is 30.7. The van der Waals surface area contributed by atoms with Crippen molar-refractivity contribution in [3.63, 3.8) is 0 Å². The summed E-state index contributed by atoms with van der Waals surface area (Å²) in [6, 6.07) is 35.8. The summed E-state index contributed by atoms with van der Waals surface area (Å²) in [4.78, 5) is 4.56. The molecule has 0 bridgehead atoms. The van der Waals surface area contributed by atoms with Gasteiger partial charge in [0.05, 0.1) is 33.4 Å². The first-order valence-corrected chi connectivity index (χ1v) is 23.9. The lowest BCUT2D eigenvalue weighted by Gasteiger charge is -2.24. The molecule has 6 heteroatoms. The van der Waals surface area contributed by atoms with Crippen molar-refractivity contribution in [2.24, 2.45) is 0 Å². The number of fused-ring (bicyclic) bond motifs is 6. The molecule has 2 heterocycles. The number of likely N-dealkylation sites (N-methyl/N-ethyl adjacent to an activating group) is 2. The molecule has 0 radical (unpaired) electrons. The van der Waals surface area contributed by atoms with Gasteiger partial charge in [-0.25, -0.2) is 0 Å². The summed E-state index contributed by atoms with van der Waals surface area (Å²) in [5.74, 6) is 0.622. The predicted octanol–water partition coefficient (Wildman–Crippen LogP) is 14.7. The minimum Gasteiger partial charge on any atom is -0.505 e. The maximum Gasteiger partial charge on any atom is 0.144 e. The Labute approximate surface area is 394 Å². The van der Waals surface area contributed by atoms with E-state index in [2.05, 4.69) is 227 Å². The highest BCUT2D eigenvalue weighted by Crippen LogP contribution is 2.43. The molecule has 6 nitrogen and oxygen atoms in total. The number of aryl methyl sites for hydroxylation is 2. The van der Waals surface area contributed by atoms with E-state index in [1.165, 1.54) is 43.8 Å². The minimum atomic E-state index is 0.00634. The number of benzene rings is 6. The van der Waals surface area contributed by atoms with Gasteiger partial charge in [0.25, 0.3) is 0 Å². The summed E-state index contributed by atoms with van der Waals surface area (Å²) < 4.78 is 4.52. The largest absolute Gasteiger partial charge is 0.505 e. The van der Waals surface area contributed by atoms with Crippen molar-refractivity contribution in [3.8, 4) is 22.9 Å². The van der Waals surface area contributed by atoms with Crippen LogP contribution in [0.4, 0.5) is 0 Å². The number of hydrogen-bond donors (Lipinski definition) is 2. The predicted molar refractivity (Wildman–Crippen MR) is 282 cm³/mol. The Morgan fingerprint density at radius 1 is 0.394 bits per heavy atom. The molecule has 346 valence electrons. The smallest absolute Gasteiger partial charge is 0.144 e. The maximum atomic E-state index is 12.2. The Hall–Kier alpha value is -5.56. The van der Waals surface area contributed by atoms with Crippen molar-refractivity contribution in [2.45, 2.75) is 132 Å². The molecule has 0 fully saturated rings. The van der Waals surface area contributed by atoms with Gasteiger partial charge in [-0.05, 0) is 144 Å². The van der Waals surface area contributed by atoms with Crippen molar-refractivity contribution in [1.82, 2.24) is 18.9 Å². The van der Waals surface area contributed by atoms with Crippen LogP contribution < -0.4 is 0 Å². The molecular weight excluding hydrogens is 809 g/mol. The summed E-state index contributed by atoms with van der Waals surface area (Å²) in [6.07, 6.45) is 0. The molecule has 0 aliphatic rings. The summed E-state index contributed by atoms with van der Waals surface area (Å²) in [5.41, 5.74) is 15.2. The van der Waals surface area contributed by atoms with E-state index in [4.69, 9.17) is 0 Å². The standard InChI is InChI=1S/C60H74N4O2/c1-37-27-39(55(65)53(29-37)63-49-21-17-41(57(3,4)5)31-45(49)46-32-42(58(6,7)8)18-22-50(46)63)35-61(15)25-26-62(16)36-40-28-38(2)30-54(56(40)66)64-51-23-19-43(59(9,10)11)33-47(51)48-34-44(60(12,13)14)20-24-52(48)64/h17-24,27-34,65-66H,25-26,35-36H2,1-16H3. The van der Waals surface area contributed by atoms with Crippen molar-refractivity contribution in [2.75, 3.05) is 27.2 Å². The van der Waals surface area contributed by atoms with Crippen molar-refractivity contribution >= 4 is 43.6 Å². The Morgan fingerprint density at radius 2 is 0.652 bits per heavy atom. The van der Waals surface area contributed by atoms with Crippen molar-refractivity contribution in [1.29, 1.82) is 0 Å². The van der Waals surface area contributed by atoms with Crippen LogP contribution in [-0.4, -0.2) is 56.3 Å². The van der Waals surface area contributed by atoms with E-state index < -0.39 is 0 Å². The van der Waals surface area contributed by atoms with Gasteiger partial charge in [0.15, 0.2) is 0 Å². The van der Waals surface area contributed by atoms with Crippen molar-refractivity contribution < 1.29 is 10.2 Å². The third kappa shape index (κ3) is 8.87. The second kappa shape index (κ2) is 16.6. The van der Waals surface area contributed by atoms with E-state index >= 15 is 0 Å². The van der Waals surface area contributed by atoms with Gasteiger partial charge >= 0.3 is 0 Å². The number of aromatic hydroxyl groups is 2. The Balaban J connectivity index is 1.07. The summed E-state index contributed by atoms with van der Waals surface area (Å²) in [5, 5.41) is 29.2. The highest BCUT2D eigenvalue weighted by molar-refractivity contribution is 6.11. The van der Waals surface area contributed by atoms with Gasteiger partial charge in [0, 0.05) is 58.9 Å². The van der Waals surface area contributed by atoms with Crippen LogP contribution in [0.5, 0.6) is 11.5 Å². The molecular formula is C60H74N4O2. The normalized spacial score (nSPS) is 13.2. The van der Waals surface area contributed by atoms with E-state index in [1.807, 2.05) is 0 Å². The van der Waals surface area contributed by atoms with E-state index in [0.29, 0.717) is 24.6 Å². The number of nitrogens with zero attached hydrogens (tertiary/aromatic N) is 4. The van der Waals surface area contributed by atoms with E-state index in [9.17, 15) is 10.2 Å². The fourth-order valence-electron chi connectivity index (χ4n) is 9.76. The second-order valence-electron chi connectivity index (χ2n) is 23.7. The third-order valence-corrected chi connectivity index (χ3v) is 13.8. The summed E-state index contributed by atoms with van der Waals surface area (Å²) in [7, 11) is 4.25. The first-order valence-electron chi connectivity index (χ1n) is 23.9. The molecule has 66 heavy (non-hydrogen) atoms. The van der Waals surface area contributed by atoms with E-state index in [1.54, 1.807) is 0 Å². The maximum absolute atomic E-state index is 12.2. The van der Waals surface area contributed by atoms with Crippen LogP contribution in [0, 0.1) is 13.8 Å². The number of phenols is 2. The fourth-order valence-corrected chi connectivity index (χ4v) is 9.76. The summed E-state index contributed by atoms with van der Waals surface area (Å²) in [6.45, 7) is 34.2. The van der Waals surface area contributed by atoms with Gasteiger partial charge in [-0.1, -0.05) is 119 Å². The van der Waals surface area contributed by atoms with Crippen LogP contribution in [0.3, 0.4) is 0 Å². The average molecular weight is 883 g/mol. The lowest BCUT2D eigenvalue weighted by atomic mass is 9.85. The average Bonchev–Trinajstić information content (AvgIpc) is 3.72. The Morgan fingerprint density at radius 3 is 0.894 bits per heavy atom. The molecule has 0 saturated carbocycles. The minimum absolute atomic E-state index is 0.00634. The van der Waals surface area contributed by atoms with Crippen LogP contribution in [0.25, 0.3) is 55.0 Å². The molecule has 0 aliphatic heterocycles. The molecule has 0 saturated heterocycles. The third-order valence-electron chi connectivity index (χ3n) is 13.8. The molecule has 0 amide bonds. The Kier molecular flexibility index (Phi) is 11.8. The van der Waals surface area contributed by atoms with Gasteiger partial charge in [-0.15, -0.1) is 0 Å². The van der Waals surface area contributed by atoms with Crippen LogP contribution in [0.2, 0.25) is 0 Å². The topological polar surface area (TPSA) is 56.8 Å². The zero-order chi connectivity index (χ0) is 48.0. The lowest BCUT2D eigenvalue weighted by molar-refractivity contribution is 0.243. The molecule has 2 N–H and O–H groups in total. The van der Waals surface area contributed by atoms with Crippen LogP contribution >= 0.6 is 0 Å². The zero-order valence-electron chi connectivity index (χ0n) is 42.7. The van der Waals surface area contributed by atoms with Gasteiger partial charge in [-0.2, -0.15) is 0 Å². The quantitative estimate of drug-likeness (QED) is 0.152. The Bertz CT molecular complexity index is 2800.